The average molecular weight is 345 g/mol. The molecule has 1 saturated heterocycles. The number of thiocarbonyl (C=S) groups is 1. The van der Waals surface area contributed by atoms with E-state index in [2.05, 4.69) is 5.32 Å². The smallest absolute Gasteiger partial charge is 0.175 e. The molecule has 0 aliphatic carbocycles. The number of ether oxygens (including phenoxy) is 1. The molecule has 0 radical (unpaired) electrons. The highest BCUT2D eigenvalue weighted by Crippen LogP contribution is 2.29. The molecule has 1 heterocycles. The fourth-order valence-corrected chi connectivity index (χ4v) is 2.94. The maximum atomic E-state index is 13.8. The van der Waals surface area contributed by atoms with Crippen LogP contribution >= 0.6 is 12.2 Å². The summed E-state index contributed by atoms with van der Waals surface area (Å²) in [6.45, 7) is 1.25. The van der Waals surface area contributed by atoms with E-state index in [1.807, 2.05) is 48.2 Å². The third-order valence-corrected chi connectivity index (χ3v) is 4.30. The molecule has 4 nitrogen and oxygen atoms in total. The van der Waals surface area contributed by atoms with E-state index in [0.717, 1.165) is 11.3 Å². The number of hydrogen-bond acceptors (Lipinski definition) is 3. The fourth-order valence-electron chi connectivity index (χ4n) is 2.64. The van der Waals surface area contributed by atoms with E-state index in [1.54, 1.807) is 18.2 Å². The van der Waals surface area contributed by atoms with Crippen molar-refractivity contribution in [2.45, 2.75) is 6.23 Å². The molecule has 6 heteroatoms. The monoisotopic (exact) mass is 345 g/mol. The zero-order valence-electron chi connectivity index (χ0n) is 13.7. The number of para-hydroxylation sites is 1. The number of nitrogens with zero attached hydrogens (tertiary/aromatic N) is 2. The molecule has 3 rings (SSSR count). The van der Waals surface area contributed by atoms with Crippen LogP contribution in [-0.2, 0) is 4.74 Å². The van der Waals surface area contributed by atoms with Gasteiger partial charge in [0.05, 0.1) is 12.3 Å². The first kappa shape index (κ1) is 16.7. The summed E-state index contributed by atoms with van der Waals surface area (Å²) in [4.78, 5) is 3.98. The quantitative estimate of drug-likeness (QED) is 0.858. The van der Waals surface area contributed by atoms with E-state index >= 15 is 0 Å². The summed E-state index contributed by atoms with van der Waals surface area (Å²) >= 11 is 5.46. The highest BCUT2D eigenvalue weighted by molar-refractivity contribution is 7.80. The zero-order chi connectivity index (χ0) is 17.1. The molecule has 0 amide bonds. The SMILES string of the molecule is CN(C)c1ccc([C@@H]2OCCN2C(=S)Nc2ccccc2F)cc1. The summed E-state index contributed by atoms with van der Waals surface area (Å²) < 4.78 is 19.6. The van der Waals surface area contributed by atoms with Crippen LogP contribution in [0.2, 0.25) is 0 Å². The first-order valence-electron chi connectivity index (χ1n) is 7.77. The van der Waals surface area contributed by atoms with Gasteiger partial charge in [-0.3, -0.25) is 0 Å². The molecule has 0 unspecified atom stereocenters. The molecule has 0 saturated carbocycles. The van der Waals surface area contributed by atoms with Crippen LogP contribution in [0.1, 0.15) is 11.8 Å². The minimum atomic E-state index is -0.327. The Bertz CT molecular complexity index is 720. The Balaban J connectivity index is 1.75. The van der Waals surface area contributed by atoms with Crippen LogP contribution in [0.3, 0.4) is 0 Å². The van der Waals surface area contributed by atoms with Crippen LogP contribution < -0.4 is 10.2 Å². The normalized spacial score (nSPS) is 17.0. The minimum absolute atomic E-state index is 0.256. The largest absolute Gasteiger partial charge is 0.378 e. The van der Waals surface area contributed by atoms with Gasteiger partial charge in [0, 0.05) is 31.9 Å². The molecular weight excluding hydrogens is 325 g/mol. The molecule has 24 heavy (non-hydrogen) atoms. The van der Waals surface area contributed by atoms with Gasteiger partial charge in [0.1, 0.15) is 5.82 Å². The van der Waals surface area contributed by atoms with E-state index < -0.39 is 0 Å². The van der Waals surface area contributed by atoms with Crippen molar-refractivity contribution in [1.29, 1.82) is 0 Å². The van der Waals surface area contributed by atoms with Gasteiger partial charge in [0.25, 0.3) is 0 Å². The summed E-state index contributed by atoms with van der Waals surface area (Å²) in [6, 6.07) is 14.6. The van der Waals surface area contributed by atoms with Crippen molar-refractivity contribution in [3.63, 3.8) is 0 Å². The summed E-state index contributed by atoms with van der Waals surface area (Å²) in [7, 11) is 4.00. The first-order chi connectivity index (χ1) is 11.6. The number of benzene rings is 2. The molecule has 2 aromatic carbocycles. The van der Waals surface area contributed by atoms with Crippen LogP contribution in [0.5, 0.6) is 0 Å². The molecule has 126 valence electrons. The summed E-state index contributed by atoms with van der Waals surface area (Å²) in [5.41, 5.74) is 2.52. The Morgan fingerprint density at radius 3 is 2.58 bits per heavy atom. The van der Waals surface area contributed by atoms with Gasteiger partial charge in [-0.15, -0.1) is 0 Å². The lowest BCUT2D eigenvalue weighted by atomic mass is 10.1. The molecule has 0 aromatic heterocycles. The van der Waals surface area contributed by atoms with Crippen molar-refractivity contribution >= 4 is 28.7 Å². The summed E-state index contributed by atoms with van der Waals surface area (Å²) in [6.07, 6.45) is -0.256. The maximum Gasteiger partial charge on any atom is 0.175 e. The molecule has 0 spiro atoms. The lowest BCUT2D eigenvalue weighted by molar-refractivity contribution is 0.0642. The van der Waals surface area contributed by atoms with Crippen LogP contribution in [0.15, 0.2) is 48.5 Å². The lowest BCUT2D eigenvalue weighted by Gasteiger charge is -2.26. The Morgan fingerprint density at radius 2 is 1.92 bits per heavy atom. The number of anilines is 2. The van der Waals surface area contributed by atoms with E-state index in [-0.39, 0.29) is 12.0 Å². The number of rotatable bonds is 3. The Kier molecular flexibility index (Phi) is 4.97. The molecule has 1 aliphatic rings. The van der Waals surface area contributed by atoms with Crippen LogP contribution in [0.25, 0.3) is 0 Å². The van der Waals surface area contributed by atoms with Crippen LogP contribution in [0.4, 0.5) is 15.8 Å². The minimum Gasteiger partial charge on any atom is -0.378 e. The van der Waals surface area contributed by atoms with Gasteiger partial charge >= 0.3 is 0 Å². The molecule has 1 fully saturated rings. The van der Waals surface area contributed by atoms with Crippen molar-refractivity contribution in [3.8, 4) is 0 Å². The standard InChI is InChI=1S/C18H20FN3OS/c1-21(2)14-9-7-13(8-10-14)17-22(11-12-23-17)18(24)20-16-6-4-3-5-15(16)19/h3-10,17H,11-12H2,1-2H3,(H,20,24)/t17-/m0/s1. The number of nitrogens with one attached hydrogen (secondary N) is 1. The molecule has 2 aromatic rings. The van der Waals surface area contributed by atoms with Gasteiger partial charge in [-0.25, -0.2) is 4.39 Å². The fraction of sp³-hybridized carbons (Fsp3) is 0.278. The maximum absolute atomic E-state index is 13.8. The Labute approximate surface area is 146 Å². The van der Waals surface area contributed by atoms with Crippen molar-refractivity contribution in [3.05, 3.63) is 59.9 Å². The van der Waals surface area contributed by atoms with Gasteiger partial charge in [0.2, 0.25) is 0 Å². The van der Waals surface area contributed by atoms with Crippen molar-refractivity contribution in [2.75, 3.05) is 37.5 Å². The van der Waals surface area contributed by atoms with Gasteiger partial charge in [-0.05, 0) is 36.5 Å². The number of halogens is 1. The van der Waals surface area contributed by atoms with E-state index in [0.29, 0.717) is 24.0 Å². The molecule has 1 atom stereocenters. The van der Waals surface area contributed by atoms with Crippen molar-refractivity contribution in [1.82, 2.24) is 4.90 Å². The summed E-state index contributed by atoms with van der Waals surface area (Å²) in [5.74, 6) is -0.327. The third kappa shape index (κ3) is 3.49. The Hall–Kier alpha value is -2.18. The third-order valence-electron chi connectivity index (χ3n) is 3.96. The topological polar surface area (TPSA) is 27.7 Å². The predicted molar refractivity (Wildman–Crippen MR) is 98.8 cm³/mol. The van der Waals surface area contributed by atoms with E-state index in [9.17, 15) is 4.39 Å². The zero-order valence-corrected chi connectivity index (χ0v) is 14.5. The highest BCUT2D eigenvalue weighted by Gasteiger charge is 2.29. The lowest BCUT2D eigenvalue weighted by Crippen LogP contribution is -2.34. The second-order valence-corrected chi connectivity index (χ2v) is 6.20. The second kappa shape index (κ2) is 7.15. The van der Waals surface area contributed by atoms with Gasteiger partial charge in [-0.1, -0.05) is 24.3 Å². The first-order valence-corrected chi connectivity index (χ1v) is 8.18. The Morgan fingerprint density at radius 1 is 1.21 bits per heavy atom. The average Bonchev–Trinajstić information content (AvgIpc) is 3.07. The molecule has 1 aliphatic heterocycles. The van der Waals surface area contributed by atoms with Crippen molar-refractivity contribution < 1.29 is 9.13 Å². The van der Waals surface area contributed by atoms with Gasteiger partial charge in [-0.2, -0.15) is 0 Å². The van der Waals surface area contributed by atoms with Crippen molar-refractivity contribution in [2.24, 2.45) is 0 Å². The van der Waals surface area contributed by atoms with Gasteiger partial charge < -0.3 is 19.9 Å². The summed E-state index contributed by atoms with van der Waals surface area (Å²) in [5, 5.41) is 3.43. The second-order valence-electron chi connectivity index (χ2n) is 5.81. The van der Waals surface area contributed by atoms with Gasteiger partial charge in [0.15, 0.2) is 11.3 Å². The molecule has 1 N–H and O–H groups in total. The molecular formula is C18H20FN3OS. The molecule has 0 bridgehead atoms. The van der Waals surface area contributed by atoms with E-state index in [4.69, 9.17) is 17.0 Å². The highest BCUT2D eigenvalue weighted by atomic mass is 32.1. The predicted octanol–water partition coefficient (Wildman–Crippen LogP) is 3.62. The van der Waals surface area contributed by atoms with Crippen LogP contribution in [0, 0.1) is 5.82 Å². The number of hydrogen-bond donors (Lipinski definition) is 1. The van der Waals surface area contributed by atoms with Crippen LogP contribution in [-0.4, -0.2) is 37.3 Å². The van der Waals surface area contributed by atoms with E-state index in [1.165, 1.54) is 6.07 Å².